The summed E-state index contributed by atoms with van der Waals surface area (Å²) in [6.45, 7) is 2.68. The predicted molar refractivity (Wildman–Crippen MR) is 53.7 cm³/mol. The van der Waals surface area contributed by atoms with Crippen LogP contribution in [0.4, 0.5) is 10.5 Å². The molecule has 0 bridgehead atoms. The highest BCUT2D eigenvalue weighted by atomic mass is 16.2. The molecule has 0 saturated carbocycles. The third kappa shape index (κ3) is 2.47. The lowest BCUT2D eigenvalue weighted by atomic mass is 10.3. The first kappa shape index (κ1) is 9.58. The number of carbonyl (C=O) groups is 1. The van der Waals surface area contributed by atoms with E-state index in [0.29, 0.717) is 6.54 Å². The summed E-state index contributed by atoms with van der Waals surface area (Å²) >= 11 is 0. The summed E-state index contributed by atoms with van der Waals surface area (Å²) < 4.78 is 0. The Morgan fingerprint density at radius 1 is 1.38 bits per heavy atom. The van der Waals surface area contributed by atoms with E-state index < -0.39 is 6.03 Å². The highest BCUT2D eigenvalue weighted by Crippen LogP contribution is 2.12. The quantitative estimate of drug-likeness (QED) is 0.755. The molecule has 1 aromatic carbocycles. The number of rotatable bonds is 3. The molecule has 1 aromatic rings. The van der Waals surface area contributed by atoms with Crippen LogP contribution >= 0.6 is 0 Å². The van der Waals surface area contributed by atoms with Gasteiger partial charge in [-0.1, -0.05) is 25.1 Å². The van der Waals surface area contributed by atoms with Crippen LogP contribution in [0.5, 0.6) is 0 Å². The number of nitrogens with two attached hydrogens (primary N) is 1. The molecule has 13 heavy (non-hydrogen) atoms. The second kappa shape index (κ2) is 4.50. The fourth-order valence-electron chi connectivity index (χ4n) is 1.20. The minimum Gasteiger partial charge on any atom is -0.351 e. The van der Waals surface area contributed by atoms with Crippen molar-refractivity contribution < 1.29 is 4.79 Å². The zero-order valence-corrected chi connectivity index (χ0v) is 7.73. The van der Waals surface area contributed by atoms with Crippen LogP contribution in [0.2, 0.25) is 0 Å². The molecule has 0 heterocycles. The average molecular weight is 178 g/mol. The Morgan fingerprint density at radius 2 is 2.00 bits per heavy atom. The number of carbonyl (C=O) groups excluding carboxylic acids is 1. The summed E-state index contributed by atoms with van der Waals surface area (Å²) in [5.74, 6) is 0. The molecule has 0 aliphatic rings. The average Bonchev–Trinajstić information content (AvgIpc) is 2.15. The molecule has 2 amide bonds. The van der Waals surface area contributed by atoms with Crippen LogP contribution in [-0.4, -0.2) is 12.6 Å². The van der Waals surface area contributed by atoms with E-state index in [-0.39, 0.29) is 0 Å². The van der Waals surface area contributed by atoms with E-state index in [0.717, 1.165) is 12.1 Å². The van der Waals surface area contributed by atoms with Crippen molar-refractivity contribution in [1.82, 2.24) is 0 Å². The Morgan fingerprint density at radius 3 is 2.46 bits per heavy atom. The topological polar surface area (TPSA) is 46.3 Å². The van der Waals surface area contributed by atoms with E-state index in [4.69, 9.17) is 5.73 Å². The molecule has 0 aromatic heterocycles. The van der Waals surface area contributed by atoms with Crippen LogP contribution in [-0.2, 0) is 0 Å². The number of nitrogens with zero attached hydrogens (tertiary/aromatic N) is 1. The second-order valence-corrected chi connectivity index (χ2v) is 2.83. The van der Waals surface area contributed by atoms with E-state index >= 15 is 0 Å². The standard InChI is InChI=1S/C10H14N2O/c1-2-8-12(10(11)13)9-6-4-3-5-7-9/h3-7H,2,8H2,1H3,(H2,11,13). The van der Waals surface area contributed by atoms with E-state index in [1.165, 1.54) is 0 Å². The number of amides is 2. The van der Waals surface area contributed by atoms with Crippen molar-refractivity contribution in [3.8, 4) is 0 Å². The maximum atomic E-state index is 11.0. The van der Waals surface area contributed by atoms with Gasteiger partial charge in [-0.25, -0.2) is 4.79 Å². The molecule has 1 rings (SSSR count). The van der Waals surface area contributed by atoms with Gasteiger partial charge in [0, 0.05) is 12.2 Å². The van der Waals surface area contributed by atoms with E-state index in [1.54, 1.807) is 4.90 Å². The fraction of sp³-hybridized carbons (Fsp3) is 0.300. The number of hydrogen-bond acceptors (Lipinski definition) is 1. The number of para-hydroxylation sites is 1. The van der Waals surface area contributed by atoms with Crippen molar-refractivity contribution >= 4 is 11.7 Å². The van der Waals surface area contributed by atoms with E-state index in [1.807, 2.05) is 37.3 Å². The lowest BCUT2D eigenvalue weighted by molar-refractivity contribution is 0.254. The van der Waals surface area contributed by atoms with Crippen LogP contribution in [0.15, 0.2) is 30.3 Å². The van der Waals surface area contributed by atoms with Gasteiger partial charge in [0.25, 0.3) is 0 Å². The van der Waals surface area contributed by atoms with Gasteiger partial charge in [-0.2, -0.15) is 0 Å². The van der Waals surface area contributed by atoms with E-state index in [2.05, 4.69) is 0 Å². The second-order valence-electron chi connectivity index (χ2n) is 2.83. The minimum atomic E-state index is -0.395. The normalized spacial score (nSPS) is 9.62. The zero-order chi connectivity index (χ0) is 9.68. The monoisotopic (exact) mass is 178 g/mol. The van der Waals surface area contributed by atoms with Crippen LogP contribution in [0, 0.1) is 0 Å². The molecular weight excluding hydrogens is 164 g/mol. The molecular formula is C10H14N2O. The number of anilines is 1. The largest absolute Gasteiger partial charge is 0.351 e. The first-order chi connectivity index (χ1) is 6.25. The van der Waals surface area contributed by atoms with Gasteiger partial charge in [-0.15, -0.1) is 0 Å². The molecule has 0 unspecified atom stereocenters. The van der Waals surface area contributed by atoms with Crippen molar-refractivity contribution in [2.75, 3.05) is 11.4 Å². The Labute approximate surface area is 78.2 Å². The number of primary amides is 1. The number of urea groups is 1. The first-order valence-corrected chi connectivity index (χ1v) is 4.37. The predicted octanol–water partition coefficient (Wildman–Crippen LogP) is 1.98. The summed E-state index contributed by atoms with van der Waals surface area (Å²) in [4.78, 5) is 12.6. The van der Waals surface area contributed by atoms with Gasteiger partial charge < -0.3 is 5.73 Å². The molecule has 3 heteroatoms. The summed E-state index contributed by atoms with van der Waals surface area (Å²) in [6, 6.07) is 9.05. The summed E-state index contributed by atoms with van der Waals surface area (Å²) in [7, 11) is 0. The van der Waals surface area contributed by atoms with Gasteiger partial charge in [0.15, 0.2) is 0 Å². The fourth-order valence-corrected chi connectivity index (χ4v) is 1.20. The Bertz CT molecular complexity index is 272. The maximum absolute atomic E-state index is 11.0. The van der Waals surface area contributed by atoms with Crippen molar-refractivity contribution in [3.63, 3.8) is 0 Å². The summed E-state index contributed by atoms with van der Waals surface area (Å²) in [5, 5.41) is 0. The molecule has 0 aliphatic heterocycles. The van der Waals surface area contributed by atoms with Gasteiger partial charge in [0.05, 0.1) is 0 Å². The smallest absolute Gasteiger partial charge is 0.319 e. The molecule has 2 N–H and O–H groups in total. The molecule has 0 radical (unpaired) electrons. The molecule has 0 spiro atoms. The van der Waals surface area contributed by atoms with Gasteiger partial charge in [0.2, 0.25) is 0 Å². The molecule has 0 fully saturated rings. The van der Waals surface area contributed by atoms with Crippen LogP contribution in [0.3, 0.4) is 0 Å². The highest BCUT2D eigenvalue weighted by molar-refractivity contribution is 5.90. The van der Waals surface area contributed by atoms with Gasteiger partial charge in [0.1, 0.15) is 0 Å². The Balaban J connectivity index is 2.82. The summed E-state index contributed by atoms with van der Waals surface area (Å²) in [6.07, 6.45) is 0.901. The number of benzene rings is 1. The minimum absolute atomic E-state index is 0.395. The molecule has 70 valence electrons. The molecule has 0 aliphatic carbocycles. The van der Waals surface area contributed by atoms with E-state index in [9.17, 15) is 4.79 Å². The first-order valence-electron chi connectivity index (χ1n) is 4.37. The molecule has 0 saturated heterocycles. The lowest BCUT2D eigenvalue weighted by Crippen LogP contribution is -2.36. The van der Waals surface area contributed by atoms with Crippen molar-refractivity contribution in [1.29, 1.82) is 0 Å². The Kier molecular flexibility index (Phi) is 3.31. The van der Waals surface area contributed by atoms with Gasteiger partial charge >= 0.3 is 6.03 Å². The van der Waals surface area contributed by atoms with Gasteiger partial charge in [-0.05, 0) is 18.6 Å². The summed E-state index contributed by atoms with van der Waals surface area (Å²) in [5.41, 5.74) is 6.10. The SMILES string of the molecule is CCCN(C(N)=O)c1ccccc1. The van der Waals surface area contributed by atoms with Crippen molar-refractivity contribution in [3.05, 3.63) is 30.3 Å². The van der Waals surface area contributed by atoms with Gasteiger partial charge in [-0.3, -0.25) is 4.90 Å². The number of hydrogen-bond donors (Lipinski definition) is 1. The molecule has 0 atom stereocenters. The van der Waals surface area contributed by atoms with Crippen LogP contribution in [0.1, 0.15) is 13.3 Å². The highest BCUT2D eigenvalue weighted by Gasteiger charge is 2.09. The molecule has 3 nitrogen and oxygen atoms in total. The third-order valence-corrected chi connectivity index (χ3v) is 1.78. The Hall–Kier alpha value is -1.51. The van der Waals surface area contributed by atoms with Crippen LogP contribution in [0.25, 0.3) is 0 Å². The lowest BCUT2D eigenvalue weighted by Gasteiger charge is -2.19. The van der Waals surface area contributed by atoms with Crippen molar-refractivity contribution in [2.45, 2.75) is 13.3 Å². The van der Waals surface area contributed by atoms with Crippen LogP contribution < -0.4 is 10.6 Å². The maximum Gasteiger partial charge on any atom is 0.319 e. The van der Waals surface area contributed by atoms with Crippen molar-refractivity contribution in [2.24, 2.45) is 5.73 Å². The zero-order valence-electron chi connectivity index (χ0n) is 7.73. The third-order valence-electron chi connectivity index (χ3n) is 1.78.